The second-order valence-corrected chi connectivity index (χ2v) is 5.17. The predicted octanol–water partition coefficient (Wildman–Crippen LogP) is 4.20. The van der Waals surface area contributed by atoms with Crippen LogP contribution in [0, 0.1) is 6.92 Å². The molecule has 1 amide bonds. The number of nitrogens with one attached hydrogen (secondary N) is 1. The van der Waals surface area contributed by atoms with Crippen LogP contribution in [0.4, 0.5) is 0 Å². The molecule has 3 heteroatoms. The molecule has 1 aromatic carbocycles. The summed E-state index contributed by atoms with van der Waals surface area (Å²) in [5.41, 5.74) is 4.78. The first-order valence-electron chi connectivity index (χ1n) is 7.61. The molecule has 0 aliphatic carbocycles. The Morgan fingerprint density at radius 1 is 1.15 bits per heavy atom. The molecule has 0 fully saturated rings. The monoisotopic (exact) mass is 274 g/mol. The summed E-state index contributed by atoms with van der Waals surface area (Å²) in [6.07, 6.45) is 9.42. The smallest absolute Gasteiger partial charge is 0.240 e. The normalized spacial score (nSPS) is 10.9. The lowest BCUT2D eigenvalue weighted by Crippen LogP contribution is -2.16. The van der Waals surface area contributed by atoms with E-state index in [1.165, 1.54) is 25.7 Å². The van der Waals surface area contributed by atoms with Gasteiger partial charge in [-0.2, -0.15) is 5.10 Å². The Balaban J connectivity index is 2.15. The van der Waals surface area contributed by atoms with Gasteiger partial charge < -0.3 is 0 Å². The number of rotatable bonds is 9. The van der Waals surface area contributed by atoms with E-state index in [2.05, 4.69) is 17.5 Å². The van der Waals surface area contributed by atoms with Gasteiger partial charge in [0, 0.05) is 6.42 Å². The zero-order chi connectivity index (χ0) is 14.6. The van der Waals surface area contributed by atoms with Crippen molar-refractivity contribution in [1.29, 1.82) is 0 Å². The molecule has 0 aliphatic heterocycles. The molecule has 0 saturated heterocycles. The van der Waals surface area contributed by atoms with Crippen LogP contribution < -0.4 is 5.43 Å². The minimum Gasteiger partial charge on any atom is -0.273 e. The first-order valence-corrected chi connectivity index (χ1v) is 7.61. The molecular weight excluding hydrogens is 248 g/mol. The SMILES string of the molecule is CCCCCCCCC(=O)NN=Cc1ccccc1C. The van der Waals surface area contributed by atoms with Gasteiger partial charge in [0.25, 0.3) is 0 Å². The van der Waals surface area contributed by atoms with Crippen LogP contribution in [0.25, 0.3) is 0 Å². The van der Waals surface area contributed by atoms with Crippen molar-refractivity contribution in [3.05, 3.63) is 35.4 Å². The van der Waals surface area contributed by atoms with Gasteiger partial charge in [0.05, 0.1) is 6.21 Å². The molecule has 0 aliphatic rings. The zero-order valence-electron chi connectivity index (χ0n) is 12.7. The van der Waals surface area contributed by atoms with E-state index in [9.17, 15) is 4.79 Å². The highest BCUT2D eigenvalue weighted by atomic mass is 16.2. The maximum absolute atomic E-state index is 11.6. The van der Waals surface area contributed by atoms with Gasteiger partial charge in [0.15, 0.2) is 0 Å². The van der Waals surface area contributed by atoms with Gasteiger partial charge in [-0.05, 0) is 24.5 Å². The number of carbonyl (C=O) groups is 1. The highest BCUT2D eigenvalue weighted by molar-refractivity contribution is 5.83. The van der Waals surface area contributed by atoms with Crippen molar-refractivity contribution >= 4 is 12.1 Å². The van der Waals surface area contributed by atoms with Crippen LogP contribution in [0.15, 0.2) is 29.4 Å². The number of nitrogens with zero attached hydrogens (tertiary/aromatic N) is 1. The van der Waals surface area contributed by atoms with Gasteiger partial charge in [-0.25, -0.2) is 5.43 Å². The lowest BCUT2D eigenvalue weighted by atomic mass is 10.1. The van der Waals surface area contributed by atoms with Gasteiger partial charge in [0.1, 0.15) is 0 Å². The van der Waals surface area contributed by atoms with Crippen LogP contribution in [0.5, 0.6) is 0 Å². The Hall–Kier alpha value is -1.64. The number of hydrogen-bond acceptors (Lipinski definition) is 2. The minimum atomic E-state index is 0.00493. The quantitative estimate of drug-likeness (QED) is 0.409. The molecule has 0 aromatic heterocycles. The van der Waals surface area contributed by atoms with E-state index in [-0.39, 0.29) is 5.91 Å². The number of benzene rings is 1. The van der Waals surface area contributed by atoms with E-state index in [1.54, 1.807) is 6.21 Å². The topological polar surface area (TPSA) is 41.5 Å². The fraction of sp³-hybridized carbons (Fsp3) is 0.529. The van der Waals surface area contributed by atoms with Gasteiger partial charge in [-0.3, -0.25) is 4.79 Å². The first kappa shape index (κ1) is 16.4. The standard InChI is InChI=1S/C17H26N2O/c1-3-4-5-6-7-8-13-17(20)19-18-14-16-12-10-9-11-15(16)2/h9-12,14H,3-8,13H2,1-2H3,(H,19,20). The molecule has 1 aromatic rings. The van der Waals surface area contributed by atoms with E-state index in [1.807, 2.05) is 31.2 Å². The van der Waals surface area contributed by atoms with Crippen molar-refractivity contribution in [3.8, 4) is 0 Å². The molecule has 0 saturated carbocycles. The van der Waals surface area contributed by atoms with Crippen molar-refractivity contribution in [2.45, 2.75) is 58.8 Å². The van der Waals surface area contributed by atoms with Crippen molar-refractivity contribution in [2.75, 3.05) is 0 Å². The van der Waals surface area contributed by atoms with Gasteiger partial charge in [-0.15, -0.1) is 0 Å². The average molecular weight is 274 g/mol. The Kier molecular flexibility index (Phi) is 8.36. The zero-order valence-corrected chi connectivity index (χ0v) is 12.7. The lowest BCUT2D eigenvalue weighted by Gasteiger charge is -2.01. The molecule has 20 heavy (non-hydrogen) atoms. The predicted molar refractivity (Wildman–Crippen MR) is 84.9 cm³/mol. The number of carbonyl (C=O) groups excluding carboxylic acids is 1. The number of unbranched alkanes of at least 4 members (excludes halogenated alkanes) is 5. The highest BCUT2D eigenvalue weighted by Crippen LogP contribution is 2.07. The van der Waals surface area contributed by atoms with Crippen LogP contribution in [0.1, 0.15) is 63.0 Å². The molecule has 1 N–H and O–H groups in total. The second-order valence-electron chi connectivity index (χ2n) is 5.17. The Bertz CT molecular complexity index is 427. The molecule has 0 heterocycles. The molecular formula is C17H26N2O. The third kappa shape index (κ3) is 7.07. The fourth-order valence-electron chi connectivity index (χ4n) is 2.03. The van der Waals surface area contributed by atoms with Crippen molar-refractivity contribution in [1.82, 2.24) is 5.43 Å². The number of aryl methyl sites for hydroxylation is 1. The fourth-order valence-corrected chi connectivity index (χ4v) is 2.03. The molecule has 3 nitrogen and oxygen atoms in total. The summed E-state index contributed by atoms with van der Waals surface area (Å²) in [7, 11) is 0. The van der Waals surface area contributed by atoms with Crippen LogP contribution in [-0.4, -0.2) is 12.1 Å². The average Bonchev–Trinajstić information content (AvgIpc) is 2.45. The summed E-state index contributed by atoms with van der Waals surface area (Å²) < 4.78 is 0. The largest absolute Gasteiger partial charge is 0.273 e. The minimum absolute atomic E-state index is 0.00493. The molecule has 1 rings (SSSR count). The van der Waals surface area contributed by atoms with E-state index in [0.29, 0.717) is 6.42 Å². The van der Waals surface area contributed by atoms with Crippen LogP contribution in [-0.2, 0) is 4.79 Å². The first-order chi connectivity index (χ1) is 9.74. The van der Waals surface area contributed by atoms with E-state index < -0.39 is 0 Å². The summed E-state index contributed by atoms with van der Waals surface area (Å²) in [6, 6.07) is 7.97. The van der Waals surface area contributed by atoms with Crippen LogP contribution >= 0.6 is 0 Å². The summed E-state index contributed by atoms with van der Waals surface area (Å²) >= 11 is 0. The molecule has 0 unspecified atom stereocenters. The summed E-state index contributed by atoms with van der Waals surface area (Å²) in [4.78, 5) is 11.6. The molecule has 0 bridgehead atoms. The van der Waals surface area contributed by atoms with Gasteiger partial charge in [-0.1, -0.05) is 63.3 Å². The maximum atomic E-state index is 11.6. The van der Waals surface area contributed by atoms with Crippen LogP contribution in [0.3, 0.4) is 0 Å². The lowest BCUT2D eigenvalue weighted by molar-refractivity contribution is -0.121. The van der Waals surface area contributed by atoms with E-state index in [4.69, 9.17) is 0 Å². The van der Waals surface area contributed by atoms with Crippen LogP contribution in [0.2, 0.25) is 0 Å². The van der Waals surface area contributed by atoms with E-state index in [0.717, 1.165) is 24.0 Å². The molecule has 0 atom stereocenters. The Morgan fingerprint density at radius 2 is 1.85 bits per heavy atom. The van der Waals surface area contributed by atoms with Crippen molar-refractivity contribution in [2.24, 2.45) is 5.10 Å². The number of hydrazone groups is 1. The summed E-state index contributed by atoms with van der Waals surface area (Å²) in [5, 5.41) is 4.01. The summed E-state index contributed by atoms with van der Waals surface area (Å²) in [5.74, 6) is 0.00493. The second kappa shape index (κ2) is 10.2. The Morgan fingerprint density at radius 3 is 2.60 bits per heavy atom. The van der Waals surface area contributed by atoms with Crippen molar-refractivity contribution < 1.29 is 4.79 Å². The van der Waals surface area contributed by atoms with E-state index >= 15 is 0 Å². The van der Waals surface area contributed by atoms with Crippen molar-refractivity contribution in [3.63, 3.8) is 0 Å². The molecule has 0 spiro atoms. The summed E-state index contributed by atoms with van der Waals surface area (Å²) in [6.45, 7) is 4.24. The highest BCUT2D eigenvalue weighted by Gasteiger charge is 1.99. The van der Waals surface area contributed by atoms with Gasteiger partial charge in [0.2, 0.25) is 5.91 Å². The maximum Gasteiger partial charge on any atom is 0.240 e. The Labute approximate surface area is 122 Å². The van der Waals surface area contributed by atoms with Gasteiger partial charge >= 0.3 is 0 Å². The molecule has 0 radical (unpaired) electrons. The number of hydrogen-bond donors (Lipinski definition) is 1. The third-order valence-electron chi connectivity index (χ3n) is 3.34. The molecule has 110 valence electrons. The third-order valence-corrected chi connectivity index (χ3v) is 3.34. The number of amides is 1.